The summed E-state index contributed by atoms with van der Waals surface area (Å²) in [5, 5.41) is 16.8. The molecule has 2 fully saturated rings. The van der Waals surface area contributed by atoms with Gasteiger partial charge >= 0.3 is 0 Å². The predicted molar refractivity (Wildman–Crippen MR) is 122 cm³/mol. The van der Waals surface area contributed by atoms with E-state index in [2.05, 4.69) is 15.9 Å². The van der Waals surface area contributed by atoms with Gasteiger partial charge < -0.3 is 25.7 Å². The lowest BCUT2D eigenvalue weighted by atomic mass is 9.99. The van der Waals surface area contributed by atoms with Crippen molar-refractivity contribution in [1.82, 2.24) is 25.7 Å². The first-order valence-corrected chi connectivity index (χ1v) is 11.6. The highest BCUT2D eigenvalue weighted by molar-refractivity contribution is 6.04. The van der Waals surface area contributed by atoms with Crippen LogP contribution in [-0.4, -0.2) is 79.1 Å². The van der Waals surface area contributed by atoms with Crippen LogP contribution in [0.1, 0.15) is 40.7 Å². The van der Waals surface area contributed by atoms with E-state index < -0.39 is 48.7 Å². The van der Waals surface area contributed by atoms with Crippen LogP contribution in [0.2, 0.25) is 0 Å². The number of nitriles is 1. The molecule has 0 saturated carbocycles. The molecule has 0 bridgehead atoms. The van der Waals surface area contributed by atoms with Gasteiger partial charge in [0.15, 0.2) is 7.98 Å². The maximum absolute atomic E-state index is 13.7. The summed E-state index contributed by atoms with van der Waals surface area (Å²) in [6.45, 7) is 0.349. The van der Waals surface area contributed by atoms with Gasteiger partial charge in [-0.1, -0.05) is 12.1 Å². The van der Waals surface area contributed by atoms with Crippen molar-refractivity contribution in [2.45, 2.75) is 50.4 Å². The summed E-state index contributed by atoms with van der Waals surface area (Å²) < 4.78 is 27.5. The van der Waals surface area contributed by atoms with E-state index in [-0.39, 0.29) is 37.7 Å². The second-order valence-electron chi connectivity index (χ2n) is 9.27. The third kappa shape index (κ3) is 5.18. The molecule has 2 radical (unpaired) electrons. The largest absolute Gasteiger partial charge is 0.365 e. The minimum Gasteiger partial charge on any atom is -0.365 e. The molecule has 4 amide bonds. The summed E-state index contributed by atoms with van der Waals surface area (Å²) in [5.41, 5.74) is 2.01. The summed E-state index contributed by atoms with van der Waals surface area (Å²) >= 11 is 0. The zero-order chi connectivity index (χ0) is 26.0. The first-order valence-electron chi connectivity index (χ1n) is 11.6. The van der Waals surface area contributed by atoms with Crippen molar-refractivity contribution >= 4 is 31.6 Å². The summed E-state index contributed by atoms with van der Waals surface area (Å²) in [4.78, 5) is 53.1. The first-order chi connectivity index (χ1) is 17.1. The van der Waals surface area contributed by atoms with Gasteiger partial charge in [-0.05, 0) is 23.6 Å². The second-order valence-corrected chi connectivity index (χ2v) is 9.27. The number of alkyl halides is 2. The van der Waals surface area contributed by atoms with E-state index >= 15 is 0 Å². The number of halogens is 2. The number of amides is 4. The number of carbonyl (C=O) groups excluding carboxylic acids is 4. The Balaban J connectivity index is 1.36. The zero-order valence-corrected chi connectivity index (χ0v) is 19.4. The molecular weight excluding hydrogens is 473 g/mol. The molecule has 3 N–H and O–H groups in total. The van der Waals surface area contributed by atoms with Crippen LogP contribution in [0.4, 0.5) is 8.78 Å². The van der Waals surface area contributed by atoms with Crippen LogP contribution in [-0.2, 0) is 27.5 Å². The van der Waals surface area contributed by atoms with Gasteiger partial charge in [-0.2, -0.15) is 5.26 Å². The van der Waals surface area contributed by atoms with Crippen LogP contribution in [0.15, 0.2) is 18.2 Å². The molecule has 1 aromatic rings. The van der Waals surface area contributed by atoms with Crippen LogP contribution in [0.3, 0.4) is 0 Å². The quantitative estimate of drug-likeness (QED) is 0.346. The lowest BCUT2D eigenvalue weighted by Gasteiger charge is -2.22. The smallest absolute Gasteiger partial charge is 0.268 e. The first kappa shape index (κ1) is 25.6. The maximum atomic E-state index is 13.7. The molecule has 13 heteroatoms. The van der Waals surface area contributed by atoms with E-state index in [1.807, 2.05) is 6.07 Å². The van der Waals surface area contributed by atoms with Crippen molar-refractivity contribution in [2.75, 3.05) is 19.6 Å². The van der Waals surface area contributed by atoms with Crippen LogP contribution in [0.25, 0.3) is 0 Å². The highest BCUT2D eigenvalue weighted by Gasteiger charge is 2.50. The third-order valence-electron chi connectivity index (χ3n) is 6.76. The van der Waals surface area contributed by atoms with Gasteiger partial charge in [-0.25, -0.2) is 8.78 Å². The van der Waals surface area contributed by atoms with E-state index in [4.69, 9.17) is 13.2 Å². The van der Waals surface area contributed by atoms with Gasteiger partial charge in [0, 0.05) is 50.5 Å². The molecule has 0 unspecified atom stereocenters. The number of nitrogens with zero attached hydrogens (tertiary/aromatic N) is 3. The van der Waals surface area contributed by atoms with Gasteiger partial charge in [0.05, 0.1) is 12.6 Å². The van der Waals surface area contributed by atoms with E-state index in [1.54, 1.807) is 18.2 Å². The molecule has 3 aliphatic heterocycles. The number of fused-ring (bicyclic) bond motifs is 1. The Morgan fingerprint density at radius 3 is 2.75 bits per heavy atom. The summed E-state index contributed by atoms with van der Waals surface area (Å²) in [7, 11) is 5.21. The number of likely N-dealkylation sites (tertiary alicyclic amines) is 1. The summed E-state index contributed by atoms with van der Waals surface area (Å²) in [6.07, 6.45) is -0.921. The molecule has 3 heterocycles. The van der Waals surface area contributed by atoms with Crippen molar-refractivity contribution in [2.24, 2.45) is 5.92 Å². The Kier molecular flexibility index (Phi) is 7.26. The fourth-order valence-corrected chi connectivity index (χ4v) is 4.94. The minimum atomic E-state index is -3.16. The van der Waals surface area contributed by atoms with Crippen molar-refractivity contribution in [3.63, 3.8) is 0 Å². The van der Waals surface area contributed by atoms with Gasteiger partial charge in [0.1, 0.15) is 12.1 Å². The Hall–Kier alpha value is -3.53. The number of hydrogen-bond acceptors (Lipinski definition) is 6. The van der Waals surface area contributed by atoms with Crippen molar-refractivity contribution in [1.29, 1.82) is 5.26 Å². The van der Waals surface area contributed by atoms with Crippen molar-refractivity contribution < 1.29 is 28.0 Å². The zero-order valence-electron chi connectivity index (χ0n) is 19.4. The maximum Gasteiger partial charge on any atom is 0.268 e. The lowest BCUT2D eigenvalue weighted by molar-refractivity contribution is -0.135. The van der Waals surface area contributed by atoms with Crippen molar-refractivity contribution in [3.05, 3.63) is 34.9 Å². The molecule has 2 saturated heterocycles. The van der Waals surface area contributed by atoms with Crippen LogP contribution in [0, 0.1) is 17.2 Å². The van der Waals surface area contributed by atoms with E-state index in [0.717, 1.165) is 16.0 Å². The van der Waals surface area contributed by atoms with Crippen LogP contribution in [0.5, 0.6) is 0 Å². The molecule has 3 atom stereocenters. The monoisotopic (exact) mass is 498 g/mol. The summed E-state index contributed by atoms with van der Waals surface area (Å²) in [5.74, 6) is -5.81. The molecule has 0 aliphatic carbocycles. The van der Waals surface area contributed by atoms with E-state index in [0.29, 0.717) is 18.7 Å². The topological polar surface area (TPSA) is 135 Å². The highest BCUT2D eigenvalue weighted by Crippen LogP contribution is 2.34. The lowest BCUT2D eigenvalue weighted by Crippen LogP contribution is -2.46. The molecule has 1 aromatic carbocycles. The Bertz CT molecular complexity index is 1130. The average Bonchev–Trinajstić information content (AvgIpc) is 3.53. The fraction of sp³-hybridized carbons (Fsp3) is 0.522. The SMILES string of the molecule is [B]NCCNC(=O)c1cccc2c1CN(C(=O)C[C@@H]1C[C@@H](C(=O)N3CC(F)(F)C[C@H]3C#N)NC1=O)C2. The molecule has 10 nitrogen and oxygen atoms in total. The molecule has 0 aromatic heterocycles. The molecule has 188 valence electrons. The fourth-order valence-electron chi connectivity index (χ4n) is 4.94. The molecule has 3 aliphatic rings. The Morgan fingerprint density at radius 2 is 2.03 bits per heavy atom. The molecular formula is C23H25BF2N6O4. The second kappa shape index (κ2) is 10.2. The van der Waals surface area contributed by atoms with Gasteiger partial charge in [0.2, 0.25) is 17.7 Å². The Morgan fingerprint density at radius 1 is 1.25 bits per heavy atom. The number of hydrogen-bond donors (Lipinski definition) is 3. The number of carbonyl (C=O) groups is 4. The number of rotatable bonds is 7. The van der Waals surface area contributed by atoms with Crippen LogP contribution < -0.4 is 15.9 Å². The molecule has 36 heavy (non-hydrogen) atoms. The highest BCUT2D eigenvalue weighted by atomic mass is 19.3. The average molecular weight is 498 g/mol. The molecule has 0 spiro atoms. The molecule has 4 rings (SSSR count). The van der Waals surface area contributed by atoms with Gasteiger partial charge in [-0.15, -0.1) is 0 Å². The third-order valence-corrected chi connectivity index (χ3v) is 6.76. The van der Waals surface area contributed by atoms with E-state index in [9.17, 15) is 28.0 Å². The number of nitrogens with one attached hydrogen (secondary N) is 3. The normalized spacial score (nSPS) is 24.2. The summed E-state index contributed by atoms with van der Waals surface area (Å²) in [6, 6.07) is 4.64. The number of benzene rings is 1. The Labute approximate surface area is 207 Å². The van der Waals surface area contributed by atoms with Crippen LogP contribution >= 0.6 is 0 Å². The van der Waals surface area contributed by atoms with Gasteiger partial charge in [-0.3, -0.25) is 19.2 Å². The minimum absolute atomic E-state index is 0.0206. The standard InChI is InChI=1S/C23H25BF2N6O4/c24-29-5-4-28-21(35)16-3-1-2-13-10-31(11-17(13)16)19(33)7-14-6-18(30-20(14)34)22(36)32-12-23(25,26)8-15(32)9-27/h1-3,14-15,18,29H,4-8,10-12H2,(H,28,35)(H,30,34)/t14-,15-,18-/m0/s1. The van der Waals surface area contributed by atoms with Gasteiger partial charge in [0.25, 0.3) is 11.8 Å². The predicted octanol–water partition coefficient (Wildman–Crippen LogP) is -0.414. The van der Waals surface area contributed by atoms with Crippen molar-refractivity contribution in [3.8, 4) is 6.07 Å². The van der Waals surface area contributed by atoms with E-state index in [1.165, 1.54) is 4.90 Å².